The van der Waals surface area contributed by atoms with Crippen molar-refractivity contribution in [3.05, 3.63) is 53.2 Å². The molecule has 1 saturated heterocycles. The number of carbonyl (C=O) groups excluding carboxylic acids is 1. The summed E-state index contributed by atoms with van der Waals surface area (Å²) in [5.41, 5.74) is 0.822. The molecule has 0 radical (unpaired) electrons. The van der Waals surface area contributed by atoms with E-state index in [0.29, 0.717) is 30.2 Å². The molecule has 1 aromatic heterocycles. The van der Waals surface area contributed by atoms with E-state index in [9.17, 15) is 14.4 Å². The fraction of sp³-hybridized carbons (Fsp3) is 0.478. The Bertz CT molecular complexity index is 1010. The number of rotatable bonds is 6. The molecular weight excluding hydrogens is 383 g/mol. The number of amides is 1. The summed E-state index contributed by atoms with van der Waals surface area (Å²) in [5.74, 6) is 0.818. The predicted molar refractivity (Wildman–Crippen MR) is 110 cm³/mol. The highest BCUT2D eigenvalue weighted by atomic mass is 19.1. The molecule has 2 aliphatic rings. The Morgan fingerprint density at radius 2 is 2.10 bits per heavy atom. The molecule has 156 valence electrons. The summed E-state index contributed by atoms with van der Waals surface area (Å²) in [4.78, 5) is 22.7. The highest BCUT2D eigenvalue weighted by Crippen LogP contribution is 2.48. The van der Waals surface area contributed by atoms with Gasteiger partial charge in [0.25, 0.3) is 0 Å². The Labute approximate surface area is 175 Å². The van der Waals surface area contributed by atoms with Crippen molar-refractivity contribution in [3.63, 3.8) is 0 Å². The minimum Gasteiger partial charge on any atom is -0.447 e. The van der Waals surface area contributed by atoms with Crippen LogP contribution in [0.1, 0.15) is 56.5 Å². The SMILES string of the molecule is CC(C)[C@H]1COC(=O)N1c1ccnc(C[C@@H](C)c2ccc(C3(C#N)CC3)cc2F)n1. The number of anilines is 1. The second-order valence-electron chi connectivity index (χ2n) is 8.62. The van der Waals surface area contributed by atoms with Gasteiger partial charge < -0.3 is 4.74 Å². The third-order valence-corrected chi connectivity index (χ3v) is 6.15. The largest absolute Gasteiger partial charge is 0.447 e. The monoisotopic (exact) mass is 408 g/mol. The molecule has 1 aliphatic heterocycles. The van der Waals surface area contributed by atoms with E-state index in [4.69, 9.17) is 4.74 Å². The number of hydrogen-bond donors (Lipinski definition) is 0. The topological polar surface area (TPSA) is 79.1 Å². The van der Waals surface area contributed by atoms with Gasteiger partial charge >= 0.3 is 6.09 Å². The molecule has 30 heavy (non-hydrogen) atoms. The van der Waals surface area contributed by atoms with Crippen LogP contribution in [-0.2, 0) is 16.6 Å². The number of nitrogens with zero attached hydrogens (tertiary/aromatic N) is 4. The number of nitriles is 1. The summed E-state index contributed by atoms with van der Waals surface area (Å²) in [6, 6.07) is 9.05. The summed E-state index contributed by atoms with van der Waals surface area (Å²) in [6.45, 7) is 6.34. The van der Waals surface area contributed by atoms with Crippen molar-refractivity contribution in [2.45, 2.75) is 57.4 Å². The summed E-state index contributed by atoms with van der Waals surface area (Å²) in [6.07, 6.45) is 3.22. The quantitative estimate of drug-likeness (QED) is 0.703. The van der Waals surface area contributed by atoms with Gasteiger partial charge in [0.1, 0.15) is 24.1 Å². The number of ether oxygens (including phenoxy) is 1. The molecule has 2 aromatic rings. The van der Waals surface area contributed by atoms with Gasteiger partial charge in [0, 0.05) is 12.6 Å². The molecule has 2 fully saturated rings. The summed E-state index contributed by atoms with van der Waals surface area (Å²) in [7, 11) is 0. The zero-order valence-electron chi connectivity index (χ0n) is 17.4. The van der Waals surface area contributed by atoms with E-state index in [-0.39, 0.29) is 23.7 Å². The number of hydrogen-bond acceptors (Lipinski definition) is 5. The van der Waals surface area contributed by atoms with Gasteiger partial charge in [0.2, 0.25) is 0 Å². The van der Waals surface area contributed by atoms with Crippen LogP contribution in [0.3, 0.4) is 0 Å². The van der Waals surface area contributed by atoms with Gasteiger partial charge in [-0.1, -0.05) is 32.9 Å². The number of halogens is 1. The molecule has 0 bridgehead atoms. The smallest absolute Gasteiger partial charge is 0.415 e. The van der Waals surface area contributed by atoms with Crippen LogP contribution >= 0.6 is 0 Å². The molecular formula is C23H25FN4O2. The van der Waals surface area contributed by atoms with Crippen molar-refractivity contribution in [1.82, 2.24) is 9.97 Å². The van der Waals surface area contributed by atoms with Crippen molar-refractivity contribution in [2.75, 3.05) is 11.5 Å². The van der Waals surface area contributed by atoms with Gasteiger partial charge in [-0.15, -0.1) is 0 Å². The summed E-state index contributed by atoms with van der Waals surface area (Å²) >= 11 is 0. The normalized spacial score (nSPS) is 20.7. The molecule has 1 saturated carbocycles. The number of aromatic nitrogens is 2. The van der Waals surface area contributed by atoms with Crippen molar-refractivity contribution >= 4 is 11.9 Å². The first kappa shape index (κ1) is 20.3. The Morgan fingerprint density at radius 1 is 1.33 bits per heavy atom. The number of benzene rings is 1. The fourth-order valence-electron chi connectivity index (χ4n) is 4.01. The zero-order valence-corrected chi connectivity index (χ0v) is 17.4. The van der Waals surface area contributed by atoms with Gasteiger partial charge in [-0.2, -0.15) is 5.26 Å². The van der Waals surface area contributed by atoms with Crippen molar-refractivity contribution in [2.24, 2.45) is 5.92 Å². The molecule has 0 N–H and O–H groups in total. The minimum absolute atomic E-state index is 0.0717. The van der Waals surface area contributed by atoms with Crippen LogP contribution in [0.4, 0.5) is 15.0 Å². The van der Waals surface area contributed by atoms with E-state index in [2.05, 4.69) is 16.0 Å². The highest BCUT2D eigenvalue weighted by molar-refractivity contribution is 5.89. The van der Waals surface area contributed by atoms with Crippen LogP contribution in [0.5, 0.6) is 0 Å². The van der Waals surface area contributed by atoms with E-state index in [0.717, 1.165) is 18.4 Å². The van der Waals surface area contributed by atoms with E-state index in [1.54, 1.807) is 23.2 Å². The summed E-state index contributed by atoms with van der Waals surface area (Å²) in [5, 5.41) is 9.34. The Kier molecular flexibility index (Phi) is 5.19. The molecule has 4 rings (SSSR count). The lowest BCUT2D eigenvalue weighted by Gasteiger charge is -2.23. The standard InChI is InChI=1S/C23H25FN4O2/c1-14(2)19-12-30-22(29)28(19)21-6-9-26-20(27-21)10-15(3)17-5-4-16(11-18(17)24)23(13-25)7-8-23/h4-6,9,11,14-15,19H,7-8,10,12H2,1-3H3/t15-,19-/m1/s1. The molecule has 6 nitrogen and oxygen atoms in total. The third-order valence-electron chi connectivity index (χ3n) is 6.15. The van der Waals surface area contributed by atoms with Crippen LogP contribution < -0.4 is 4.90 Å². The van der Waals surface area contributed by atoms with Crippen molar-refractivity contribution in [1.29, 1.82) is 5.26 Å². The molecule has 7 heteroatoms. The van der Waals surface area contributed by atoms with Gasteiger partial charge in [0.05, 0.1) is 17.5 Å². The Morgan fingerprint density at radius 3 is 2.73 bits per heavy atom. The van der Waals surface area contributed by atoms with Crippen LogP contribution in [0.25, 0.3) is 0 Å². The molecule has 1 aliphatic carbocycles. The lowest BCUT2D eigenvalue weighted by molar-refractivity contribution is 0.177. The molecule has 2 heterocycles. The predicted octanol–water partition coefficient (Wildman–Crippen LogP) is 4.50. The van der Waals surface area contributed by atoms with Gasteiger partial charge in [0.15, 0.2) is 0 Å². The molecule has 2 atom stereocenters. The maximum atomic E-state index is 14.8. The first-order valence-corrected chi connectivity index (χ1v) is 10.3. The highest BCUT2D eigenvalue weighted by Gasteiger charge is 2.45. The van der Waals surface area contributed by atoms with Crippen LogP contribution in [0, 0.1) is 23.1 Å². The van der Waals surface area contributed by atoms with Crippen LogP contribution in [-0.4, -0.2) is 28.7 Å². The first-order valence-electron chi connectivity index (χ1n) is 10.3. The lowest BCUT2D eigenvalue weighted by atomic mass is 9.91. The number of carbonyl (C=O) groups is 1. The van der Waals surface area contributed by atoms with Crippen molar-refractivity contribution < 1.29 is 13.9 Å². The van der Waals surface area contributed by atoms with Gasteiger partial charge in [-0.3, -0.25) is 4.90 Å². The van der Waals surface area contributed by atoms with E-state index >= 15 is 0 Å². The van der Waals surface area contributed by atoms with Crippen LogP contribution in [0.15, 0.2) is 30.5 Å². The average Bonchev–Trinajstić information content (AvgIpc) is 3.43. The van der Waals surface area contributed by atoms with Crippen molar-refractivity contribution in [3.8, 4) is 6.07 Å². The second-order valence-corrected chi connectivity index (χ2v) is 8.62. The average molecular weight is 408 g/mol. The second kappa shape index (κ2) is 7.67. The summed E-state index contributed by atoms with van der Waals surface area (Å²) < 4.78 is 20.0. The van der Waals surface area contributed by atoms with E-state index in [1.165, 1.54) is 6.07 Å². The van der Waals surface area contributed by atoms with Gasteiger partial charge in [-0.05, 0) is 47.9 Å². The lowest BCUT2D eigenvalue weighted by Crippen LogP contribution is -2.37. The zero-order chi connectivity index (χ0) is 21.5. The van der Waals surface area contributed by atoms with E-state index < -0.39 is 11.5 Å². The van der Waals surface area contributed by atoms with Gasteiger partial charge in [-0.25, -0.2) is 19.2 Å². The molecule has 0 unspecified atom stereocenters. The maximum Gasteiger partial charge on any atom is 0.415 e. The molecule has 0 spiro atoms. The Balaban J connectivity index is 1.53. The molecule has 1 amide bonds. The minimum atomic E-state index is -0.503. The molecule has 1 aromatic carbocycles. The Hall–Kier alpha value is -3.01. The van der Waals surface area contributed by atoms with Crippen LogP contribution in [0.2, 0.25) is 0 Å². The first-order chi connectivity index (χ1) is 14.3. The van der Waals surface area contributed by atoms with E-state index in [1.807, 2.05) is 26.8 Å². The third kappa shape index (κ3) is 3.62. The maximum absolute atomic E-state index is 14.8. The fourth-order valence-corrected chi connectivity index (χ4v) is 4.01. The number of cyclic esters (lactones) is 1.